The van der Waals surface area contributed by atoms with E-state index in [-0.39, 0.29) is 0 Å². The van der Waals surface area contributed by atoms with Crippen LogP contribution in [0.15, 0.2) is 24.5 Å². The van der Waals surface area contributed by atoms with Gasteiger partial charge in [0.25, 0.3) is 0 Å². The fraction of sp³-hybridized carbons (Fsp3) is 0.200. The van der Waals surface area contributed by atoms with Crippen LogP contribution >= 0.6 is 11.3 Å². The topological polar surface area (TPSA) is 61.0 Å². The predicted octanol–water partition coefficient (Wildman–Crippen LogP) is 3.99. The van der Waals surface area contributed by atoms with Gasteiger partial charge in [-0.05, 0) is 38.0 Å². The highest BCUT2D eigenvalue weighted by atomic mass is 32.1. The Bertz CT molecular complexity index is 775. The van der Waals surface area contributed by atoms with Crippen molar-refractivity contribution in [2.24, 2.45) is 0 Å². The van der Waals surface area contributed by atoms with Crippen LogP contribution in [0.2, 0.25) is 0 Å². The van der Waals surface area contributed by atoms with Crippen LogP contribution in [0.5, 0.6) is 11.6 Å². The Labute approximate surface area is 121 Å². The molecule has 0 aliphatic rings. The Morgan fingerprint density at radius 3 is 2.70 bits per heavy atom. The number of hydrogen-bond donors (Lipinski definition) is 1. The molecule has 0 unspecified atom stereocenters. The third-order valence-electron chi connectivity index (χ3n) is 3.37. The monoisotopic (exact) mass is 285 g/mol. The Kier molecular flexibility index (Phi) is 3.06. The second kappa shape index (κ2) is 4.76. The maximum Gasteiger partial charge on any atom is 0.231 e. The van der Waals surface area contributed by atoms with E-state index in [0.29, 0.717) is 17.3 Å². The van der Waals surface area contributed by atoms with E-state index >= 15 is 0 Å². The van der Waals surface area contributed by atoms with E-state index in [0.717, 1.165) is 21.3 Å². The second-order valence-corrected chi connectivity index (χ2v) is 5.94. The smallest absolute Gasteiger partial charge is 0.231 e. The van der Waals surface area contributed by atoms with Gasteiger partial charge in [0.2, 0.25) is 5.88 Å². The van der Waals surface area contributed by atoms with Crippen molar-refractivity contribution in [1.82, 2.24) is 9.97 Å². The van der Waals surface area contributed by atoms with E-state index in [2.05, 4.69) is 23.8 Å². The molecule has 3 aromatic rings. The van der Waals surface area contributed by atoms with Gasteiger partial charge in [0.05, 0.1) is 11.1 Å². The summed E-state index contributed by atoms with van der Waals surface area (Å²) in [6.45, 7) is 6.11. The molecule has 0 bridgehead atoms. The van der Waals surface area contributed by atoms with Crippen molar-refractivity contribution in [3.05, 3.63) is 40.5 Å². The number of rotatable bonds is 2. The molecule has 0 atom stereocenters. The number of hydrogen-bond acceptors (Lipinski definition) is 5. The minimum absolute atomic E-state index is 0.567. The van der Waals surface area contributed by atoms with E-state index in [1.165, 1.54) is 11.2 Å². The zero-order valence-electron chi connectivity index (χ0n) is 11.6. The number of anilines is 1. The number of aryl methyl sites for hydroxylation is 3. The number of aromatic nitrogens is 2. The lowest BCUT2D eigenvalue weighted by molar-refractivity contribution is 0.467. The number of para-hydroxylation sites is 1. The van der Waals surface area contributed by atoms with E-state index in [4.69, 9.17) is 10.5 Å². The molecule has 2 heterocycles. The first-order valence-electron chi connectivity index (χ1n) is 6.31. The third kappa shape index (κ3) is 2.00. The Balaban J connectivity index is 2.16. The first-order chi connectivity index (χ1) is 9.58. The summed E-state index contributed by atoms with van der Waals surface area (Å²) >= 11 is 1.65. The van der Waals surface area contributed by atoms with Crippen molar-refractivity contribution in [3.63, 3.8) is 0 Å². The fourth-order valence-corrected chi connectivity index (χ4v) is 3.13. The number of benzene rings is 1. The molecule has 2 aromatic heterocycles. The van der Waals surface area contributed by atoms with Crippen LogP contribution in [0.4, 0.5) is 5.69 Å². The molecular weight excluding hydrogens is 270 g/mol. The molecule has 20 heavy (non-hydrogen) atoms. The van der Waals surface area contributed by atoms with Gasteiger partial charge in [-0.3, -0.25) is 0 Å². The van der Waals surface area contributed by atoms with Crippen LogP contribution in [0.1, 0.15) is 16.0 Å². The maximum atomic E-state index is 5.99. The van der Waals surface area contributed by atoms with Crippen LogP contribution in [-0.4, -0.2) is 9.97 Å². The number of nitrogens with two attached hydrogens (primary N) is 1. The molecule has 4 nitrogen and oxygen atoms in total. The molecule has 0 saturated heterocycles. The summed E-state index contributed by atoms with van der Waals surface area (Å²) < 4.78 is 5.98. The highest BCUT2D eigenvalue weighted by Gasteiger charge is 2.15. The van der Waals surface area contributed by atoms with Crippen molar-refractivity contribution in [3.8, 4) is 11.6 Å². The van der Waals surface area contributed by atoms with E-state index in [1.54, 1.807) is 11.3 Å². The van der Waals surface area contributed by atoms with Crippen molar-refractivity contribution in [1.29, 1.82) is 0 Å². The molecule has 3 rings (SSSR count). The number of fused-ring (bicyclic) bond motifs is 1. The lowest BCUT2D eigenvalue weighted by Crippen LogP contribution is -1.97. The van der Waals surface area contributed by atoms with Gasteiger partial charge in [0.1, 0.15) is 11.2 Å². The number of thiophene rings is 1. The summed E-state index contributed by atoms with van der Waals surface area (Å²) in [5.74, 6) is 1.23. The number of nitrogens with zero attached hydrogens (tertiary/aromatic N) is 2. The van der Waals surface area contributed by atoms with Gasteiger partial charge in [-0.25, -0.2) is 9.97 Å². The minimum atomic E-state index is 0.567. The van der Waals surface area contributed by atoms with Crippen LogP contribution in [0.25, 0.3) is 10.2 Å². The minimum Gasteiger partial charge on any atom is -0.436 e. The molecule has 0 amide bonds. The Morgan fingerprint density at radius 2 is 1.95 bits per heavy atom. The van der Waals surface area contributed by atoms with Crippen LogP contribution in [0, 0.1) is 20.8 Å². The SMILES string of the molecule is Cc1cccc(N)c1Oc1ncnc2sc(C)c(C)c12. The van der Waals surface area contributed by atoms with E-state index in [9.17, 15) is 0 Å². The molecular formula is C15H15N3OS. The Hall–Kier alpha value is -2.14. The van der Waals surface area contributed by atoms with Crippen molar-refractivity contribution >= 4 is 27.2 Å². The predicted molar refractivity (Wildman–Crippen MR) is 82.6 cm³/mol. The quantitative estimate of drug-likeness (QED) is 0.723. The first kappa shape index (κ1) is 12.9. The maximum absolute atomic E-state index is 5.99. The van der Waals surface area contributed by atoms with Crippen molar-refractivity contribution < 1.29 is 4.74 Å². The van der Waals surface area contributed by atoms with Gasteiger partial charge in [-0.15, -0.1) is 11.3 Å². The average molecular weight is 285 g/mol. The molecule has 0 saturated carbocycles. The summed E-state index contributed by atoms with van der Waals surface area (Å²) in [4.78, 5) is 10.7. The molecule has 0 fully saturated rings. The van der Waals surface area contributed by atoms with Gasteiger partial charge in [-0.1, -0.05) is 12.1 Å². The van der Waals surface area contributed by atoms with Crippen LogP contribution in [0.3, 0.4) is 0 Å². The van der Waals surface area contributed by atoms with E-state index in [1.807, 2.05) is 25.1 Å². The van der Waals surface area contributed by atoms with Gasteiger partial charge < -0.3 is 10.5 Å². The molecule has 1 aromatic carbocycles. The first-order valence-corrected chi connectivity index (χ1v) is 7.13. The number of ether oxygens (including phenoxy) is 1. The summed E-state index contributed by atoms with van der Waals surface area (Å²) in [5.41, 5.74) is 8.75. The van der Waals surface area contributed by atoms with Crippen molar-refractivity contribution in [2.75, 3.05) is 5.73 Å². The molecule has 0 spiro atoms. The Morgan fingerprint density at radius 1 is 1.15 bits per heavy atom. The standard InChI is InChI=1S/C15H15N3OS/c1-8-5-4-6-11(16)13(8)19-14-12-9(2)10(3)20-15(12)18-7-17-14/h4-7H,16H2,1-3H3. The highest BCUT2D eigenvalue weighted by molar-refractivity contribution is 7.18. The van der Waals surface area contributed by atoms with Crippen LogP contribution < -0.4 is 10.5 Å². The zero-order valence-corrected chi connectivity index (χ0v) is 12.4. The van der Waals surface area contributed by atoms with Gasteiger partial charge in [0, 0.05) is 4.88 Å². The largest absolute Gasteiger partial charge is 0.436 e. The van der Waals surface area contributed by atoms with Gasteiger partial charge in [-0.2, -0.15) is 0 Å². The molecule has 102 valence electrons. The molecule has 5 heteroatoms. The van der Waals surface area contributed by atoms with Crippen LogP contribution in [-0.2, 0) is 0 Å². The average Bonchev–Trinajstić information content (AvgIpc) is 2.71. The summed E-state index contributed by atoms with van der Waals surface area (Å²) in [7, 11) is 0. The summed E-state index contributed by atoms with van der Waals surface area (Å²) in [6, 6.07) is 5.70. The molecule has 0 aliphatic carbocycles. The van der Waals surface area contributed by atoms with Gasteiger partial charge in [0.15, 0.2) is 5.75 Å². The van der Waals surface area contributed by atoms with E-state index < -0.39 is 0 Å². The lowest BCUT2D eigenvalue weighted by atomic mass is 10.2. The van der Waals surface area contributed by atoms with Gasteiger partial charge >= 0.3 is 0 Å². The zero-order chi connectivity index (χ0) is 14.3. The number of nitrogen functional groups attached to an aromatic ring is 1. The summed E-state index contributed by atoms with van der Waals surface area (Å²) in [6.07, 6.45) is 1.53. The normalized spacial score (nSPS) is 10.9. The third-order valence-corrected chi connectivity index (χ3v) is 4.49. The lowest BCUT2D eigenvalue weighted by Gasteiger charge is -2.11. The second-order valence-electron chi connectivity index (χ2n) is 4.74. The highest BCUT2D eigenvalue weighted by Crippen LogP contribution is 2.37. The molecule has 0 radical (unpaired) electrons. The summed E-state index contributed by atoms with van der Waals surface area (Å²) in [5, 5.41) is 0.970. The fourth-order valence-electron chi connectivity index (χ4n) is 2.14. The van der Waals surface area contributed by atoms with Crippen molar-refractivity contribution in [2.45, 2.75) is 20.8 Å². The molecule has 0 aliphatic heterocycles. The molecule has 2 N–H and O–H groups in total.